The number of amides is 1. The molecule has 0 spiro atoms. The third-order valence-electron chi connectivity index (χ3n) is 4.57. The largest absolute Gasteiger partial charge is 0.494 e. The molecule has 1 aromatic rings. The second-order valence-corrected chi connectivity index (χ2v) is 6.88. The van der Waals surface area contributed by atoms with Crippen molar-refractivity contribution >= 4 is 36.0 Å². The molecule has 0 unspecified atom stereocenters. The Bertz CT molecular complexity index is 617. The molecule has 1 fully saturated rings. The highest BCUT2D eigenvalue weighted by Crippen LogP contribution is 2.12. The van der Waals surface area contributed by atoms with E-state index in [1.807, 2.05) is 31.2 Å². The van der Waals surface area contributed by atoms with Gasteiger partial charge in [0.25, 0.3) is 0 Å². The Kier molecular flexibility index (Phi) is 12.5. The highest BCUT2D eigenvalue weighted by atomic mass is 127. The van der Waals surface area contributed by atoms with Crippen molar-refractivity contribution in [3.63, 3.8) is 0 Å². The molecule has 1 heterocycles. The van der Waals surface area contributed by atoms with Crippen LogP contribution in [0, 0.1) is 6.92 Å². The number of benzene rings is 1. The highest BCUT2D eigenvalue weighted by molar-refractivity contribution is 14.0. The van der Waals surface area contributed by atoms with Gasteiger partial charge < -0.3 is 25.0 Å². The number of nitrogens with one attached hydrogen (secondary N) is 2. The Hall–Kier alpha value is -1.71. The number of hydrogen-bond donors (Lipinski definition) is 2. The number of guanidine groups is 1. The number of rotatable bonds is 8. The maximum absolute atomic E-state index is 11.8. The first-order valence-electron chi connectivity index (χ1n) is 10.3. The Labute approximate surface area is 191 Å². The topological polar surface area (TPSA) is 75.2 Å². The summed E-state index contributed by atoms with van der Waals surface area (Å²) in [5.41, 5.74) is 1.23. The average molecular weight is 518 g/mol. The van der Waals surface area contributed by atoms with Gasteiger partial charge in [-0.1, -0.05) is 17.7 Å². The molecule has 1 aromatic carbocycles. The minimum absolute atomic E-state index is 0. The number of carbonyl (C=O) groups is 1. The average Bonchev–Trinajstić information content (AvgIpc) is 2.70. The van der Waals surface area contributed by atoms with Crippen LogP contribution in [0.2, 0.25) is 0 Å². The number of piperidine rings is 1. The van der Waals surface area contributed by atoms with Crippen molar-refractivity contribution in [2.24, 2.45) is 4.99 Å². The molecule has 1 aliphatic heterocycles. The molecular formula is C21H35IN4O3. The van der Waals surface area contributed by atoms with Crippen LogP contribution in [0.3, 0.4) is 0 Å². The first-order chi connectivity index (χ1) is 13.6. The summed E-state index contributed by atoms with van der Waals surface area (Å²) in [6.45, 7) is 9.94. The normalized spacial score (nSPS) is 14.7. The van der Waals surface area contributed by atoms with Gasteiger partial charge in [0.05, 0.1) is 13.2 Å². The first kappa shape index (κ1) is 25.3. The van der Waals surface area contributed by atoms with E-state index in [1.54, 1.807) is 4.90 Å². The van der Waals surface area contributed by atoms with Crippen LogP contribution in [-0.4, -0.2) is 62.4 Å². The number of halogens is 1. The molecule has 2 N–H and O–H groups in total. The molecule has 0 radical (unpaired) electrons. The lowest BCUT2D eigenvalue weighted by atomic mass is 10.1. The van der Waals surface area contributed by atoms with Gasteiger partial charge in [0, 0.05) is 38.6 Å². The van der Waals surface area contributed by atoms with E-state index in [1.165, 1.54) is 5.56 Å². The summed E-state index contributed by atoms with van der Waals surface area (Å²) in [5.74, 6) is 1.72. The van der Waals surface area contributed by atoms with Crippen LogP contribution >= 0.6 is 24.0 Å². The predicted octanol–water partition coefficient (Wildman–Crippen LogP) is 3.56. The van der Waals surface area contributed by atoms with Gasteiger partial charge in [0.2, 0.25) is 0 Å². The Morgan fingerprint density at radius 3 is 2.52 bits per heavy atom. The second-order valence-electron chi connectivity index (χ2n) is 6.88. The zero-order valence-electron chi connectivity index (χ0n) is 17.8. The maximum Gasteiger partial charge on any atom is 0.409 e. The van der Waals surface area contributed by atoms with Gasteiger partial charge in [0.1, 0.15) is 5.75 Å². The number of ether oxygens (including phenoxy) is 2. The fourth-order valence-electron chi connectivity index (χ4n) is 3.01. The quantitative estimate of drug-likeness (QED) is 0.238. The molecule has 8 heteroatoms. The minimum Gasteiger partial charge on any atom is -0.494 e. The zero-order chi connectivity index (χ0) is 20.2. The monoisotopic (exact) mass is 518 g/mol. The summed E-state index contributed by atoms with van der Waals surface area (Å²) in [5, 5.41) is 6.77. The summed E-state index contributed by atoms with van der Waals surface area (Å²) in [6.07, 6.45) is 2.42. The fourth-order valence-corrected chi connectivity index (χ4v) is 3.01. The highest BCUT2D eigenvalue weighted by Gasteiger charge is 2.23. The molecule has 2 rings (SSSR count). The molecule has 0 saturated carbocycles. The number of aryl methyl sites for hydroxylation is 1. The zero-order valence-corrected chi connectivity index (χ0v) is 20.1. The van der Waals surface area contributed by atoms with Crippen LogP contribution in [0.15, 0.2) is 29.3 Å². The summed E-state index contributed by atoms with van der Waals surface area (Å²) in [4.78, 5) is 18.2. The third-order valence-corrected chi connectivity index (χ3v) is 4.57. The Balaban J connectivity index is 0.00000420. The standard InChI is InChI=1S/C21H34N4O3.HI/c1-4-22-20(23-13-6-16-28-19-9-7-17(3)8-10-19)24-18-11-14-25(15-12-18)21(26)27-5-2;/h7-10,18H,4-6,11-16H2,1-3H3,(H2,22,23,24);1H. The Morgan fingerprint density at radius 2 is 1.90 bits per heavy atom. The number of aliphatic imine (C=N–C) groups is 1. The summed E-state index contributed by atoms with van der Waals surface area (Å²) in [6, 6.07) is 8.40. The van der Waals surface area contributed by atoms with Crippen LogP contribution in [0.25, 0.3) is 0 Å². The van der Waals surface area contributed by atoms with E-state index in [9.17, 15) is 4.79 Å². The van der Waals surface area contributed by atoms with E-state index in [4.69, 9.17) is 9.47 Å². The predicted molar refractivity (Wildman–Crippen MR) is 127 cm³/mol. The Morgan fingerprint density at radius 1 is 1.21 bits per heavy atom. The third kappa shape index (κ3) is 9.56. The van der Waals surface area contributed by atoms with E-state index in [0.29, 0.717) is 38.9 Å². The summed E-state index contributed by atoms with van der Waals surface area (Å²) < 4.78 is 10.8. The molecular weight excluding hydrogens is 483 g/mol. The molecule has 29 heavy (non-hydrogen) atoms. The van der Waals surface area contributed by atoms with Gasteiger partial charge in [-0.3, -0.25) is 4.99 Å². The minimum atomic E-state index is -0.213. The molecule has 164 valence electrons. The summed E-state index contributed by atoms with van der Waals surface area (Å²) in [7, 11) is 0. The number of hydrogen-bond acceptors (Lipinski definition) is 4. The molecule has 0 aromatic heterocycles. The molecule has 7 nitrogen and oxygen atoms in total. The van der Waals surface area contributed by atoms with E-state index in [2.05, 4.69) is 29.5 Å². The van der Waals surface area contributed by atoms with Crippen molar-refractivity contribution in [1.82, 2.24) is 15.5 Å². The van der Waals surface area contributed by atoms with Crippen molar-refractivity contribution in [3.8, 4) is 5.75 Å². The van der Waals surface area contributed by atoms with Crippen LogP contribution < -0.4 is 15.4 Å². The van der Waals surface area contributed by atoms with Gasteiger partial charge in [-0.25, -0.2) is 4.79 Å². The lowest BCUT2D eigenvalue weighted by Crippen LogP contribution is -2.49. The van der Waals surface area contributed by atoms with E-state index >= 15 is 0 Å². The van der Waals surface area contributed by atoms with Crippen molar-refractivity contribution in [2.45, 2.75) is 46.1 Å². The van der Waals surface area contributed by atoms with Crippen molar-refractivity contribution < 1.29 is 14.3 Å². The number of carbonyl (C=O) groups excluding carboxylic acids is 1. The van der Waals surface area contributed by atoms with E-state index < -0.39 is 0 Å². The maximum atomic E-state index is 11.8. The second kappa shape index (κ2) is 14.3. The van der Waals surface area contributed by atoms with Gasteiger partial charge >= 0.3 is 6.09 Å². The van der Waals surface area contributed by atoms with Gasteiger partial charge in [0.15, 0.2) is 5.96 Å². The smallest absolute Gasteiger partial charge is 0.409 e. The van der Waals surface area contributed by atoms with Gasteiger partial charge in [-0.15, -0.1) is 24.0 Å². The van der Waals surface area contributed by atoms with Crippen LogP contribution in [0.1, 0.15) is 38.7 Å². The lowest BCUT2D eigenvalue weighted by molar-refractivity contribution is 0.0963. The molecule has 0 atom stereocenters. The first-order valence-corrected chi connectivity index (χ1v) is 10.3. The van der Waals surface area contributed by atoms with E-state index in [-0.39, 0.29) is 30.1 Å². The molecule has 1 amide bonds. The molecule has 0 aliphatic carbocycles. The van der Waals surface area contributed by atoms with E-state index in [0.717, 1.165) is 37.5 Å². The number of likely N-dealkylation sites (tertiary alicyclic amines) is 1. The van der Waals surface area contributed by atoms with Crippen LogP contribution in [0.4, 0.5) is 4.79 Å². The van der Waals surface area contributed by atoms with Gasteiger partial charge in [-0.05, 0) is 45.7 Å². The fraction of sp³-hybridized carbons (Fsp3) is 0.619. The van der Waals surface area contributed by atoms with Gasteiger partial charge in [-0.2, -0.15) is 0 Å². The molecule has 1 saturated heterocycles. The molecule has 0 bridgehead atoms. The van der Waals surface area contributed by atoms with Crippen molar-refractivity contribution in [2.75, 3.05) is 39.4 Å². The lowest BCUT2D eigenvalue weighted by Gasteiger charge is -2.32. The van der Waals surface area contributed by atoms with Crippen molar-refractivity contribution in [3.05, 3.63) is 29.8 Å². The molecule has 1 aliphatic rings. The number of nitrogens with zero attached hydrogens (tertiary/aromatic N) is 2. The van der Waals surface area contributed by atoms with Crippen LogP contribution in [-0.2, 0) is 4.74 Å². The van der Waals surface area contributed by atoms with Crippen LogP contribution in [0.5, 0.6) is 5.75 Å². The SMILES string of the molecule is CCNC(=NCCCOc1ccc(C)cc1)NC1CCN(C(=O)OCC)CC1.I. The van der Waals surface area contributed by atoms with Crippen molar-refractivity contribution in [1.29, 1.82) is 0 Å². The summed E-state index contributed by atoms with van der Waals surface area (Å²) >= 11 is 0.